The van der Waals surface area contributed by atoms with Gasteiger partial charge in [-0.25, -0.2) is 0 Å². The number of nitrogens with two attached hydrogens (primary N) is 1. The Morgan fingerprint density at radius 3 is 2.94 bits per heavy atom. The Morgan fingerprint density at radius 1 is 1.41 bits per heavy atom. The van der Waals surface area contributed by atoms with Crippen molar-refractivity contribution < 1.29 is 5.11 Å². The van der Waals surface area contributed by atoms with Gasteiger partial charge in [0.25, 0.3) is 0 Å². The number of phenolic OH excluding ortho intramolecular Hbond substituents is 1. The highest BCUT2D eigenvalue weighted by Gasteiger charge is 2.22. The second-order valence-corrected chi connectivity index (χ2v) is 4.33. The van der Waals surface area contributed by atoms with Gasteiger partial charge in [-0.2, -0.15) is 5.10 Å². The maximum absolute atomic E-state index is 10.3. The number of nitrogens with zero attached hydrogens (tertiary/aromatic N) is 2. The fraction of sp³-hybridized carbons (Fsp3) is 0.250. The summed E-state index contributed by atoms with van der Waals surface area (Å²) in [5.41, 5.74) is 9.35. The quantitative estimate of drug-likeness (QED) is 0.691. The smallest absolute Gasteiger partial charge is 0.128 e. The van der Waals surface area contributed by atoms with Gasteiger partial charge < -0.3 is 15.7 Å². The van der Waals surface area contributed by atoms with E-state index in [1.165, 1.54) is 0 Å². The Hall–Kier alpha value is -2.17. The van der Waals surface area contributed by atoms with Crippen molar-refractivity contribution in [3.05, 3.63) is 23.9 Å². The maximum atomic E-state index is 10.3. The first-order chi connectivity index (χ1) is 8.18. The second kappa shape index (κ2) is 3.41. The molecule has 1 aromatic heterocycles. The van der Waals surface area contributed by atoms with E-state index in [9.17, 15) is 5.11 Å². The molecule has 0 aliphatic carbocycles. The molecule has 0 atom stereocenters. The van der Waals surface area contributed by atoms with Crippen LogP contribution in [0.3, 0.4) is 0 Å². The Balaban J connectivity index is 2.18. The molecular weight excluding hydrogens is 216 g/mol. The van der Waals surface area contributed by atoms with Crippen LogP contribution in [-0.4, -0.2) is 28.9 Å². The molecule has 88 valence electrons. The van der Waals surface area contributed by atoms with Gasteiger partial charge in [0.1, 0.15) is 11.6 Å². The van der Waals surface area contributed by atoms with Crippen LogP contribution in [0.2, 0.25) is 0 Å². The summed E-state index contributed by atoms with van der Waals surface area (Å²) in [5.74, 6) is 0.798. The van der Waals surface area contributed by atoms with Crippen LogP contribution in [0.5, 0.6) is 5.75 Å². The van der Waals surface area contributed by atoms with Crippen molar-refractivity contribution in [2.45, 2.75) is 6.42 Å². The average molecular weight is 230 g/mol. The molecule has 5 nitrogen and oxygen atoms in total. The van der Waals surface area contributed by atoms with Crippen molar-refractivity contribution in [3.63, 3.8) is 0 Å². The number of nitrogens with one attached hydrogen (secondary N) is 1. The van der Waals surface area contributed by atoms with Crippen molar-refractivity contribution >= 4 is 11.5 Å². The number of fused-ring (bicyclic) bond motifs is 1. The maximum Gasteiger partial charge on any atom is 0.128 e. The van der Waals surface area contributed by atoms with Gasteiger partial charge >= 0.3 is 0 Å². The van der Waals surface area contributed by atoms with Crippen molar-refractivity contribution in [3.8, 4) is 16.9 Å². The predicted octanol–water partition coefficient (Wildman–Crippen LogP) is 1.36. The number of aromatic hydroxyl groups is 1. The fourth-order valence-corrected chi connectivity index (χ4v) is 2.36. The van der Waals surface area contributed by atoms with Crippen LogP contribution in [0, 0.1) is 0 Å². The fourth-order valence-electron chi connectivity index (χ4n) is 2.36. The summed E-state index contributed by atoms with van der Waals surface area (Å²) in [7, 11) is 2.02. The zero-order valence-corrected chi connectivity index (χ0v) is 9.57. The lowest BCUT2D eigenvalue weighted by Gasteiger charge is -2.13. The van der Waals surface area contributed by atoms with E-state index in [-0.39, 0.29) is 0 Å². The topological polar surface area (TPSA) is 78.2 Å². The van der Waals surface area contributed by atoms with Crippen molar-refractivity contribution in [2.75, 3.05) is 24.2 Å². The normalized spacial score (nSPS) is 14.1. The standard InChI is InChI=1S/C12H14N4O/c1-16-5-4-8-10(16)3-2-7(11(8)17)9-6-14-15-12(9)13/h2-3,6,17H,4-5H2,1H3,(H3,13,14,15). The number of rotatable bonds is 1. The predicted molar refractivity (Wildman–Crippen MR) is 67.1 cm³/mol. The Morgan fingerprint density at radius 2 is 2.24 bits per heavy atom. The SMILES string of the molecule is CN1CCc2c1ccc(-c1cn[nH]c1N)c2O. The molecule has 1 aromatic carbocycles. The molecule has 0 spiro atoms. The van der Waals surface area contributed by atoms with Crippen LogP contribution in [-0.2, 0) is 6.42 Å². The number of H-pyrrole nitrogens is 1. The lowest BCUT2D eigenvalue weighted by atomic mass is 10.0. The first-order valence-electron chi connectivity index (χ1n) is 5.53. The highest BCUT2D eigenvalue weighted by atomic mass is 16.3. The van der Waals surface area contributed by atoms with Crippen molar-refractivity contribution in [2.24, 2.45) is 0 Å². The molecule has 5 heteroatoms. The minimum Gasteiger partial charge on any atom is -0.507 e. The van der Waals surface area contributed by atoms with E-state index in [0.29, 0.717) is 11.6 Å². The molecule has 0 unspecified atom stereocenters. The van der Waals surface area contributed by atoms with Crippen LogP contribution in [0.25, 0.3) is 11.1 Å². The van der Waals surface area contributed by atoms with E-state index in [1.54, 1.807) is 6.20 Å². The molecule has 17 heavy (non-hydrogen) atoms. The van der Waals surface area contributed by atoms with Crippen LogP contribution < -0.4 is 10.6 Å². The summed E-state index contributed by atoms with van der Waals surface area (Å²) < 4.78 is 0. The summed E-state index contributed by atoms with van der Waals surface area (Å²) in [6.07, 6.45) is 2.50. The number of aromatic amines is 1. The van der Waals surface area contributed by atoms with Gasteiger partial charge in [-0.3, -0.25) is 5.10 Å². The molecule has 0 amide bonds. The minimum atomic E-state index is 0.319. The molecule has 3 rings (SSSR count). The summed E-state index contributed by atoms with van der Waals surface area (Å²) in [6.45, 7) is 0.938. The Kier molecular flexibility index (Phi) is 2.01. The van der Waals surface area contributed by atoms with Gasteiger partial charge in [0.2, 0.25) is 0 Å². The van der Waals surface area contributed by atoms with E-state index < -0.39 is 0 Å². The highest BCUT2D eigenvalue weighted by Crippen LogP contribution is 2.41. The van der Waals surface area contributed by atoms with E-state index in [4.69, 9.17) is 5.73 Å². The molecule has 0 fully saturated rings. The van der Waals surface area contributed by atoms with Gasteiger partial charge in [0.05, 0.1) is 6.20 Å². The first-order valence-corrected chi connectivity index (χ1v) is 5.53. The van der Waals surface area contributed by atoms with Gasteiger partial charge in [-0.05, 0) is 18.6 Å². The van der Waals surface area contributed by atoms with Gasteiger partial charge in [-0.15, -0.1) is 0 Å². The minimum absolute atomic E-state index is 0.319. The molecule has 0 saturated heterocycles. The molecule has 0 radical (unpaired) electrons. The van der Waals surface area contributed by atoms with Gasteiger partial charge in [0, 0.05) is 36.0 Å². The lowest BCUT2D eigenvalue weighted by Crippen LogP contribution is -2.12. The van der Waals surface area contributed by atoms with Crippen LogP contribution in [0.4, 0.5) is 11.5 Å². The number of benzene rings is 1. The summed E-state index contributed by atoms with van der Waals surface area (Å²) >= 11 is 0. The molecule has 1 aliphatic heterocycles. The number of nitrogen functional groups attached to an aromatic ring is 1. The monoisotopic (exact) mass is 230 g/mol. The zero-order valence-electron chi connectivity index (χ0n) is 9.57. The largest absolute Gasteiger partial charge is 0.507 e. The highest BCUT2D eigenvalue weighted by molar-refractivity contribution is 5.82. The Bertz CT molecular complexity index is 576. The number of hydrogen-bond donors (Lipinski definition) is 3. The van der Waals surface area contributed by atoms with Crippen molar-refractivity contribution in [1.29, 1.82) is 0 Å². The van der Waals surface area contributed by atoms with Gasteiger partial charge in [0.15, 0.2) is 0 Å². The van der Waals surface area contributed by atoms with E-state index in [1.807, 2.05) is 19.2 Å². The van der Waals surface area contributed by atoms with Crippen molar-refractivity contribution in [1.82, 2.24) is 10.2 Å². The molecule has 2 heterocycles. The Labute approximate surface area is 98.9 Å². The molecular formula is C12H14N4O. The number of likely N-dealkylation sites (N-methyl/N-ethyl adjacent to an activating group) is 1. The number of hydrogen-bond acceptors (Lipinski definition) is 4. The molecule has 2 aromatic rings. The van der Waals surface area contributed by atoms with Crippen LogP contribution in [0.1, 0.15) is 5.56 Å². The molecule has 0 saturated carbocycles. The van der Waals surface area contributed by atoms with Crippen LogP contribution in [0.15, 0.2) is 18.3 Å². The summed E-state index contributed by atoms with van der Waals surface area (Å²) in [6, 6.07) is 3.90. The molecule has 0 bridgehead atoms. The van der Waals surface area contributed by atoms with E-state index in [2.05, 4.69) is 15.1 Å². The lowest BCUT2D eigenvalue weighted by molar-refractivity contribution is 0.472. The first kappa shape index (κ1) is 10.0. The molecule has 1 aliphatic rings. The molecule has 4 N–H and O–H groups in total. The summed E-state index contributed by atoms with van der Waals surface area (Å²) in [4.78, 5) is 2.14. The van der Waals surface area contributed by atoms with E-state index >= 15 is 0 Å². The van der Waals surface area contributed by atoms with Crippen LogP contribution >= 0.6 is 0 Å². The van der Waals surface area contributed by atoms with E-state index in [0.717, 1.165) is 35.3 Å². The average Bonchev–Trinajstić information content (AvgIpc) is 2.88. The zero-order chi connectivity index (χ0) is 12.0. The number of phenols is 1. The summed E-state index contributed by atoms with van der Waals surface area (Å²) in [5, 5.41) is 16.9. The second-order valence-electron chi connectivity index (χ2n) is 4.33. The number of aromatic nitrogens is 2. The third-order valence-electron chi connectivity index (χ3n) is 3.33. The number of anilines is 2. The third-order valence-corrected chi connectivity index (χ3v) is 3.33. The third kappa shape index (κ3) is 1.35. The van der Waals surface area contributed by atoms with Gasteiger partial charge in [-0.1, -0.05) is 0 Å².